The maximum Gasteiger partial charge on any atom is 0.203 e. The Morgan fingerprint density at radius 3 is 2.30 bits per heavy atom. The number of hydrogen-bond acceptors (Lipinski definition) is 4. The molecule has 0 amide bonds. The zero-order valence-corrected chi connectivity index (χ0v) is 17.5. The summed E-state index contributed by atoms with van der Waals surface area (Å²) in [6.07, 6.45) is 2.97. The number of unbranched alkanes of at least 4 members (excludes halogenated alkanes) is 1. The lowest BCUT2D eigenvalue weighted by atomic mass is 9.99. The molecule has 0 aliphatic rings. The fourth-order valence-electron chi connectivity index (χ4n) is 3.42. The number of nitrogens with two attached hydrogens (primary N) is 1. The van der Waals surface area contributed by atoms with Crippen molar-refractivity contribution < 1.29 is 14.2 Å². The van der Waals surface area contributed by atoms with Gasteiger partial charge in [-0.3, -0.25) is 0 Å². The number of ether oxygens (including phenoxy) is 3. The van der Waals surface area contributed by atoms with Gasteiger partial charge in [-0.25, -0.2) is 0 Å². The lowest BCUT2D eigenvalue weighted by Crippen LogP contribution is -2.00. The Balaban J connectivity index is 2.21. The van der Waals surface area contributed by atoms with Crippen molar-refractivity contribution in [1.82, 2.24) is 4.98 Å². The van der Waals surface area contributed by atoms with E-state index in [1.54, 1.807) is 21.3 Å². The molecule has 0 aliphatic heterocycles. The van der Waals surface area contributed by atoms with Crippen LogP contribution in [-0.4, -0.2) is 32.9 Å². The third-order valence-corrected chi connectivity index (χ3v) is 5.39. The number of aromatic amines is 1. The molecule has 2 aromatic carbocycles. The number of fused-ring (bicyclic) bond motifs is 1. The van der Waals surface area contributed by atoms with Crippen molar-refractivity contribution in [3.63, 3.8) is 0 Å². The fraction of sp³-hybridized carbons (Fsp3) is 0.333. The van der Waals surface area contributed by atoms with E-state index in [1.807, 2.05) is 18.2 Å². The van der Waals surface area contributed by atoms with Crippen LogP contribution in [-0.2, 0) is 6.42 Å². The molecule has 0 unspecified atom stereocenters. The van der Waals surface area contributed by atoms with E-state index in [2.05, 4.69) is 33.0 Å². The normalized spacial score (nSPS) is 11.0. The zero-order chi connectivity index (χ0) is 19.4. The zero-order valence-electron chi connectivity index (χ0n) is 15.9. The van der Waals surface area contributed by atoms with Gasteiger partial charge in [0, 0.05) is 21.1 Å². The molecule has 1 heterocycles. The Kier molecular flexibility index (Phi) is 6.29. The van der Waals surface area contributed by atoms with Gasteiger partial charge in [0.2, 0.25) is 5.75 Å². The lowest BCUT2D eigenvalue weighted by Gasteiger charge is -2.14. The molecule has 0 fully saturated rings. The average molecular weight is 433 g/mol. The van der Waals surface area contributed by atoms with E-state index in [-0.39, 0.29) is 0 Å². The maximum absolute atomic E-state index is 5.70. The molecule has 144 valence electrons. The molecule has 1 aromatic heterocycles. The molecular weight excluding hydrogens is 408 g/mol. The van der Waals surface area contributed by atoms with Gasteiger partial charge in [0.15, 0.2) is 11.5 Å². The first-order valence-corrected chi connectivity index (χ1v) is 9.73. The smallest absolute Gasteiger partial charge is 0.203 e. The van der Waals surface area contributed by atoms with E-state index in [0.29, 0.717) is 23.8 Å². The van der Waals surface area contributed by atoms with Gasteiger partial charge in [0.05, 0.1) is 26.8 Å². The number of hydrogen-bond donors (Lipinski definition) is 2. The number of para-hydroxylation sites is 1. The van der Waals surface area contributed by atoms with Crippen LogP contribution in [0.1, 0.15) is 18.4 Å². The molecule has 0 bridgehead atoms. The van der Waals surface area contributed by atoms with Crippen LogP contribution in [0.4, 0.5) is 0 Å². The molecule has 0 atom stereocenters. The summed E-state index contributed by atoms with van der Waals surface area (Å²) in [5.74, 6) is 1.86. The molecule has 5 nitrogen and oxygen atoms in total. The second-order valence-corrected chi connectivity index (χ2v) is 7.16. The van der Waals surface area contributed by atoms with Crippen LogP contribution in [0.3, 0.4) is 0 Å². The highest BCUT2D eigenvalue weighted by atomic mass is 79.9. The summed E-state index contributed by atoms with van der Waals surface area (Å²) in [5.41, 5.74) is 10.1. The molecule has 3 rings (SSSR count). The standard InChI is InChI=1S/C21H25BrN2O3/c1-25-17-11-13(12-18(26-2)21(17)27-3)19-14(7-4-5-10-23)15-8-6-9-16(22)20(15)24-19/h6,8-9,11-12,24H,4-5,7,10,23H2,1-3H3. The number of halogens is 1. The molecule has 6 heteroatoms. The van der Waals surface area contributed by atoms with E-state index in [0.717, 1.165) is 40.5 Å². The summed E-state index contributed by atoms with van der Waals surface area (Å²) in [6.45, 7) is 0.700. The monoisotopic (exact) mass is 432 g/mol. The van der Waals surface area contributed by atoms with Crippen LogP contribution in [0.2, 0.25) is 0 Å². The van der Waals surface area contributed by atoms with Crippen LogP contribution in [0, 0.1) is 0 Å². The van der Waals surface area contributed by atoms with Gasteiger partial charge in [-0.15, -0.1) is 0 Å². The predicted octanol–water partition coefficient (Wildman–Crippen LogP) is 4.90. The van der Waals surface area contributed by atoms with Crippen LogP contribution in [0.25, 0.3) is 22.2 Å². The topological polar surface area (TPSA) is 69.5 Å². The Labute approximate surface area is 167 Å². The lowest BCUT2D eigenvalue weighted by molar-refractivity contribution is 0.324. The van der Waals surface area contributed by atoms with Crippen LogP contribution in [0.5, 0.6) is 17.2 Å². The van der Waals surface area contributed by atoms with Crippen molar-refractivity contribution >= 4 is 26.8 Å². The van der Waals surface area contributed by atoms with E-state index in [1.165, 1.54) is 10.9 Å². The highest BCUT2D eigenvalue weighted by Crippen LogP contribution is 2.43. The Morgan fingerprint density at radius 2 is 1.70 bits per heavy atom. The Morgan fingerprint density at radius 1 is 1.00 bits per heavy atom. The van der Waals surface area contributed by atoms with Gasteiger partial charge in [-0.2, -0.15) is 0 Å². The Hall–Kier alpha value is -2.18. The number of H-pyrrole nitrogens is 1. The number of rotatable bonds is 8. The molecule has 0 saturated carbocycles. The molecule has 0 radical (unpaired) electrons. The Bertz CT molecular complexity index is 912. The van der Waals surface area contributed by atoms with Crippen molar-refractivity contribution in [2.24, 2.45) is 5.73 Å². The molecule has 0 aliphatic carbocycles. The number of nitrogens with one attached hydrogen (secondary N) is 1. The summed E-state index contributed by atoms with van der Waals surface area (Å²) in [6, 6.07) is 10.2. The molecular formula is C21H25BrN2O3. The van der Waals surface area contributed by atoms with Gasteiger partial charge < -0.3 is 24.9 Å². The minimum absolute atomic E-state index is 0.589. The minimum Gasteiger partial charge on any atom is -0.493 e. The third-order valence-electron chi connectivity index (χ3n) is 4.72. The second kappa shape index (κ2) is 8.67. The predicted molar refractivity (Wildman–Crippen MR) is 113 cm³/mol. The minimum atomic E-state index is 0.589. The largest absolute Gasteiger partial charge is 0.493 e. The quantitative estimate of drug-likeness (QED) is 0.496. The number of aryl methyl sites for hydroxylation is 1. The molecule has 3 aromatic rings. The van der Waals surface area contributed by atoms with E-state index >= 15 is 0 Å². The van der Waals surface area contributed by atoms with E-state index in [4.69, 9.17) is 19.9 Å². The summed E-state index contributed by atoms with van der Waals surface area (Å²) in [4.78, 5) is 3.59. The van der Waals surface area contributed by atoms with Crippen LogP contribution in [0.15, 0.2) is 34.8 Å². The first-order chi connectivity index (χ1) is 13.1. The average Bonchev–Trinajstić information content (AvgIpc) is 3.07. The SMILES string of the molecule is COc1cc(-c2[nH]c3c(Br)cccc3c2CCCCN)cc(OC)c1OC. The number of aromatic nitrogens is 1. The van der Waals surface area contributed by atoms with Gasteiger partial charge in [0.1, 0.15) is 0 Å². The van der Waals surface area contributed by atoms with Crippen molar-refractivity contribution in [2.45, 2.75) is 19.3 Å². The summed E-state index contributed by atoms with van der Waals surface area (Å²) in [5, 5.41) is 1.21. The number of benzene rings is 2. The van der Waals surface area contributed by atoms with Crippen LogP contribution >= 0.6 is 15.9 Å². The van der Waals surface area contributed by atoms with Crippen molar-refractivity contribution in [2.75, 3.05) is 27.9 Å². The van der Waals surface area contributed by atoms with Crippen molar-refractivity contribution in [3.05, 3.63) is 40.4 Å². The molecule has 0 saturated heterocycles. The van der Waals surface area contributed by atoms with E-state index in [9.17, 15) is 0 Å². The fourth-order valence-corrected chi connectivity index (χ4v) is 3.88. The first-order valence-electron chi connectivity index (χ1n) is 8.94. The highest BCUT2D eigenvalue weighted by molar-refractivity contribution is 9.10. The summed E-state index contributed by atoms with van der Waals surface area (Å²) in [7, 11) is 4.87. The van der Waals surface area contributed by atoms with Gasteiger partial charge >= 0.3 is 0 Å². The van der Waals surface area contributed by atoms with Gasteiger partial charge in [-0.05, 0) is 65.5 Å². The van der Waals surface area contributed by atoms with Crippen LogP contribution < -0.4 is 19.9 Å². The second-order valence-electron chi connectivity index (χ2n) is 6.30. The molecule has 3 N–H and O–H groups in total. The van der Waals surface area contributed by atoms with E-state index < -0.39 is 0 Å². The highest BCUT2D eigenvalue weighted by Gasteiger charge is 2.19. The third kappa shape index (κ3) is 3.77. The van der Waals surface area contributed by atoms with Crippen molar-refractivity contribution in [3.8, 4) is 28.5 Å². The number of methoxy groups -OCH3 is 3. The summed E-state index contributed by atoms with van der Waals surface area (Å²) >= 11 is 3.66. The van der Waals surface area contributed by atoms with Gasteiger partial charge in [0.25, 0.3) is 0 Å². The maximum atomic E-state index is 5.70. The van der Waals surface area contributed by atoms with Gasteiger partial charge in [-0.1, -0.05) is 12.1 Å². The first kappa shape index (κ1) is 19.6. The molecule has 0 spiro atoms. The summed E-state index contributed by atoms with van der Waals surface area (Å²) < 4.78 is 17.6. The molecule has 27 heavy (non-hydrogen) atoms. The van der Waals surface area contributed by atoms with Crippen molar-refractivity contribution in [1.29, 1.82) is 0 Å².